The van der Waals surface area contributed by atoms with Gasteiger partial charge in [-0.05, 0) is 72.9 Å². The van der Waals surface area contributed by atoms with Gasteiger partial charge in [0.05, 0.1) is 18.3 Å². The second kappa shape index (κ2) is 8.96. The predicted octanol–water partition coefficient (Wildman–Crippen LogP) is 6.04. The smallest absolute Gasteiger partial charge is 0.152 e. The van der Waals surface area contributed by atoms with Crippen molar-refractivity contribution in [2.75, 3.05) is 0 Å². The van der Waals surface area contributed by atoms with Crippen LogP contribution in [0.2, 0.25) is 0 Å². The molecule has 3 aromatic rings. The van der Waals surface area contributed by atoms with Gasteiger partial charge in [0.15, 0.2) is 6.10 Å². The third-order valence-corrected chi connectivity index (χ3v) is 6.74. The standard InChI is InChI=1S/C24H25FO4S/c1-14-3-4-17(21-13-19(26)11-15(2)28-21)12-20(14)24(29-27)23-10-9-22(30-23)16-5-7-18(25)8-6-16/h3-10,12,15,19,21,24,26-27H,11,13H2,1-2H3. The van der Waals surface area contributed by atoms with Crippen LogP contribution in [0, 0.1) is 12.7 Å². The monoisotopic (exact) mass is 428 g/mol. The van der Waals surface area contributed by atoms with Crippen molar-refractivity contribution in [3.63, 3.8) is 0 Å². The highest BCUT2D eigenvalue weighted by Gasteiger charge is 2.28. The number of aliphatic hydroxyl groups excluding tert-OH is 1. The van der Waals surface area contributed by atoms with Crippen molar-refractivity contribution in [2.45, 2.75) is 51.1 Å². The summed E-state index contributed by atoms with van der Waals surface area (Å²) in [6.07, 6.45) is -0.0481. The molecule has 4 nitrogen and oxygen atoms in total. The van der Waals surface area contributed by atoms with Crippen molar-refractivity contribution >= 4 is 11.3 Å². The zero-order valence-corrected chi connectivity index (χ0v) is 17.7. The van der Waals surface area contributed by atoms with Crippen LogP contribution in [0.5, 0.6) is 0 Å². The molecule has 4 rings (SSSR count). The van der Waals surface area contributed by atoms with E-state index in [1.54, 1.807) is 12.1 Å². The van der Waals surface area contributed by atoms with Crippen molar-refractivity contribution < 1.29 is 24.4 Å². The number of halogens is 1. The minimum Gasteiger partial charge on any atom is -0.393 e. The molecule has 0 saturated carbocycles. The van der Waals surface area contributed by atoms with Gasteiger partial charge in [-0.15, -0.1) is 11.3 Å². The number of aliphatic hydroxyl groups is 1. The normalized spacial score (nSPS) is 22.8. The summed E-state index contributed by atoms with van der Waals surface area (Å²) in [4.78, 5) is 6.73. The van der Waals surface area contributed by atoms with Crippen molar-refractivity contribution in [1.82, 2.24) is 0 Å². The molecule has 1 saturated heterocycles. The quantitative estimate of drug-likeness (QED) is 0.384. The topological polar surface area (TPSA) is 58.9 Å². The Kier molecular flexibility index (Phi) is 6.32. The van der Waals surface area contributed by atoms with Crippen LogP contribution >= 0.6 is 11.3 Å². The highest BCUT2D eigenvalue weighted by atomic mass is 32.1. The maximum Gasteiger partial charge on any atom is 0.152 e. The second-order valence-corrected chi connectivity index (χ2v) is 8.99. The summed E-state index contributed by atoms with van der Waals surface area (Å²) in [5.41, 5.74) is 3.70. The van der Waals surface area contributed by atoms with E-state index in [1.165, 1.54) is 23.5 Å². The Bertz CT molecular complexity index is 991. The third kappa shape index (κ3) is 4.48. The summed E-state index contributed by atoms with van der Waals surface area (Å²) in [5.74, 6) is -0.274. The minimum absolute atomic E-state index is 0.0102. The van der Waals surface area contributed by atoms with Crippen molar-refractivity contribution in [2.24, 2.45) is 0 Å². The Labute approximate surface area is 179 Å². The van der Waals surface area contributed by atoms with E-state index in [0.29, 0.717) is 12.8 Å². The molecule has 30 heavy (non-hydrogen) atoms. The third-order valence-electron chi connectivity index (χ3n) is 5.56. The molecule has 1 fully saturated rings. The van der Waals surface area contributed by atoms with Gasteiger partial charge in [0.25, 0.3) is 0 Å². The van der Waals surface area contributed by atoms with Gasteiger partial charge in [-0.25, -0.2) is 9.28 Å². The molecular weight excluding hydrogens is 403 g/mol. The first kappa shape index (κ1) is 21.2. The first-order valence-electron chi connectivity index (χ1n) is 10.0. The van der Waals surface area contributed by atoms with Crippen LogP contribution in [0.1, 0.15) is 53.5 Å². The molecule has 1 aliphatic heterocycles. The van der Waals surface area contributed by atoms with E-state index in [-0.39, 0.29) is 24.1 Å². The Morgan fingerprint density at radius 1 is 1.10 bits per heavy atom. The molecule has 0 bridgehead atoms. The molecule has 0 spiro atoms. The Morgan fingerprint density at radius 2 is 1.87 bits per heavy atom. The number of thiophene rings is 1. The SMILES string of the molecule is Cc1ccc(C2CC(O)CC(C)O2)cc1C(OO)c1ccc(-c2ccc(F)cc2)s1. The van der Waals surface area contributed by atoms with Crippen molar-refractivity contribution in [3.8, 4) is 10.4 Å². The van der Waals surface area contributed by atoms with Gasteiger partial charge in [-0.2, -0.15) is 0 Å². The number of hydrogen-bond donors (Lipinski definition) is 2. The zero-order valence-electron chi connectivity index (χ0n) is 16.9. The molecule has 0 aliphatic carbocycles. The lowest BCUT2D eigenvalue weighted by molar-refractivity contribution is -0.270. The number of hydrogen-bond acceptors (Lipinski definition) is 5. The van der Waals surface area contributed by atoms with Crippen LogP contribution in [0.4, 0.5) is 4.39 Å². The van der Waals surface area contributed by atoms with Crippen LogP contribution < -0.4 is 0 Å². The fraction of sp³-hybridized carbons (Fsp3) is 0.333. The molecule has 2 N–H and O–H groups in total. The first-order valence-corrected chi connectivity index (χ1v) is 10.9. The van der Waals surface area contributed by atoms with Crippen LogP contribution in [-0.2, 0) is 9.62 Å². The average Bonchev–Trinajstić information content (AvgIpc) is 3.19. The minimum atomic E-state index is -0.643. The molecule has 2 heterocycles. The van der Waals surface area contributed by atoms with Crippen LogP contribution in [-0.4, -0.2) is 22.6 Å². The summed E-state index contributed by atoms with van der Waals surface area (Å²) in [6.45, 7) is 3.94. The molecule has 6 heteroatoms. The van der Waals surface area contributed by atoms with Crippen molar-refractivity contribution in [1.29, 1.82) is 0 Å². The van der Waals surface area contributed by atoms with E-state index in [2.05, 4.69) is 0 Å². The highest BCUT2D eigenvalue weighted by molar-refractivity contribution is 7.15. The Hall–Kier alpha value is -2.09. The molecule has 4 unspecified atom stereocenters. The molecule has 158 valence electrons. The van der Waals surface area contributed by atoms with Gasteiger partial charge >= 0.3 is 0 Å². The van der Waals surface area contributed by atoms with E-state index in [4.69, 9.17) is 9.62 Å². The summed E-state index contributed by atoms with van der Waals surface area (Å²) in [5, 5.41) is 19.9. The molecule has 0 radical (unpaired) electrons. The first-order chi connectivity index (χ1) is 14.4. The van der Waals surface area contributed by atoms with E-state index in [0.717, 1.165) is 32.0 Å². The number of rotatable bonds is 5. The van der Waals surface area contributed by atoms with Gasteiger partial charge in [0, 0.05) is 16.2 Å². The second-order valence-electron chi connectivity index (χ2n) is 7.87. The zero-order chi connectivity index (χ0) is 21.3. The number of aryl methyl sites for hydroxylation is 1. The van der Waals surface area contributed by atoms with Gasteiger partial charge in [-0.3, -0.25) is 5.26 Å². The maximum absolute atomic E-state index is 13.2. The molecule has 1 aliphatic rings. The molecule has 4 atom stereocenters. The fourth-order valence-corrected chi connectivity index (χ4v) is 5.06. The van der Waals surface area contributed by atoms with E-state index < -0.39 is 6.10 Å². The largest absolute Gasteiger partial charge is 0.393 e. The lowest BCUT2D eigenvalue weighted by Crippen LogP contribution is -2.29. The number of benzene rings is 2. The summed E-state index contributed by atoms with van der Waals surface area (Å²) < 4.78 is 19.3. The average molecular weight is 429 g/mol. The van der Waals surface area contributed by atoms with Crippen LogP contribution in [0.15, 0.2) is 54.6 Å². The summed E-state index contributed by atoms with van der Waals surface area (Å²) >= 11 is 1.49. The van der Waals surface area contributed by atoms with Crippen LogP contribution in [0.3, 0.4) is 0 Å². The van der Waals surface area contributed by atoms with Crippen molar-refractivity contribution in [3.05, 3.63) is 82.0 Å². The molecule has 2 aromatic carbocycles. The van der Waals surface area contributed by atoms with Gasteiger partial charge in [0.1, 0.15) is 5.82 Å². The Balaban J connectivity index is 1.64. The van der Waals surface area contributed by atoms with Gasteiger partial charge in [0.2, 0.25) is 0 Å². The molecule has 0 amide bonds. The molecule has 1 aromatic heterocycles. The summed E-state index contributed by atoms with van der Waals surface area (Å²) in [7, 11) is 0. The maximum atomic E-state index is 13.2. The van der Waals surface area contributed by atoms with E-state index in [9.17, 15) is 14.8 Å². The Morgan fingerprint density at radius 3 is 2.57 bits per heavy atom. The highest BCUT2D eigenvalue weighted by Crippen LogP contribution is 2.39. The van der Waals surface area contributed by atoms with Gasteiger partial charge in [-0.1, -0.05) is 24.3 Å². The van der Waals surface area contributed by atoms with E-state index in [1.807, 2.05) is 44.2 Å². The fourth-order valence-electron chi connectivity index (χ4n) is 4.00. The predicted molar refractivity (Wildman–Crippen MR) is 115 cm³/mol. The lowest BCUT2D eigenvalue weighted by atomic mass is 9.92. The van der Waals surface area contributed by atoms with Gasteiger partial charge < -0.3 is 9.84 Å². The van der Waals surface area contributed by atoms with E-state index >= 15 is 0 Å². The molecular formula is C24H25FO4S. The lowest BCUT2D eigenvalue weighted by Gasteiger charge is -2.32. The van der Waals surface area contributed by atoms with Crippen LogP contribution in [0.25, 0.3) is 10.4 Å². The number of ether oxygens (including phenoxy) is 1. The summed E-state index contributed by atoms with van der Waals surface area (Å²) in [6, 6.07) is 16.2.